The van der Waals surface area contributed by atoms with Crippen LogP contribution in [0.4, 0.5) is 5.69 Å². The van der Waals surface area contributed by atoms with E-state index in [4.69, 9.17) is 10.5 Å². The molecule has 104 valence electrons. The van der Waals surface area contributed by atoms with Crippen LogP contribution in [0.5, 0.6) is 5.75 Å². The number of carbonyl (C=O) groups excluding carboxylic acids is 1. The first-order valence-electron chi connectivity index (χ1n) is 6.42. The monoisotopic (exact) mass is 271 g/mol. The summed E-state index contributed by atoms with van der Waals surface area (Å²) in [5.41, 5.74) is 7.35. The summed E-state index contributed by atoms with van der Waals surface area (Å²) in [5.74, 6) is 0.364. The third kappa shape index (κ3) is 3.33. The number of amides is 1. The highest BCUT2D eigenvalue weighted by Crippen LogP contribution is 2.24. The van der Waals surface area contributed by atoms with E-state index in [9.17, 15) is 4.79 Å². The van der Waals surface area contributed by atoms with Crippen molar-refractivity contribution in [1.82, 2.24) is 4.98 Å². The summed E-state index contributed by atoms with van der Waals surface area (Å²) in [6, 6.07) is 10.7. The molecule has 0 spiro atoms. The van der Waals surface area contributed by atoms with Gasteiger partial charge in [-0.25, -0.2) is 0 Å². The highest BCUT2D eigenvalue weighted by Gasteiger charge is 2.10. The normalized spacial score (nSPS) is 10.1. The lowest BCUT2D eigenvalue weighted by atomic mass is 10.2. The summed E-state index contributed by atoms with van der Waals surface area (Å²) < 4.78 is 5.46. The lowest BCUT2D eigenvalue weighted by Crippen LogP contribution is -2.14. The Kier molecular flexibility index (Phi) is 4.68. The molecule has 1 amide bonds. The lowest BCUT2D eigenvalue weighted by molar-refractivity contribution is 0.102. The van der Waals surface area contributed by atoms with Crippen LogP contribution in [0.2, 0.25) is 0 Å². The molecule has 5 heteroatoms. The Labute approximate surface area is 117 Å². The SMILES string of the molecule is CCOc1ccccc1NC(=O)c1ccc(CN)cn1. The van der Waals surface area contributed by atoms with Crippen molar-refractivity contribution in [2.24, 2.45) is 5.73 Å². The van der Waals surface area contributed by atoms with Crippen molar-refractivity contribution < 1.29 is 9.53 Å². The maximum Gasteiger partial charge on any atom is 0.274 e. The van der Waals surface area contributed by atoms with E-state index in [2.05, 4.69) is 10.3 Å². The zero-order chi connectivity index (χ0) is 14.4. The molecule has 5 nitrogen and oxygen atoms in total. The second kappa shape index (κ2) is 6.68. The Morgan fingerprint density at radius 2 is 2.10 bits per heavy atom. The molecule has 1 heterocycles. The van der Waals surface area contributed by atoms with Gasteiger partial charge in [0.1, 0.15) is 11.4 Å². The van der Waals surface area contributed by atoms with Gasteiger partial charge in [-0.15, -0.1) is 0 Å². The molecule has 3 N–H and O–H groups in total. The summed E-state index contributed by atoms with van der Waals surface area (Å²) in [4.78, 5) is 16.2. The molecule has 0 unspecified atom stereocenters. The first-order valence-corrected chi connectivity index (χ1v) is 6.42. The third-order valence-electron chi connectivity index (χ3n) is 2.73. The van der Waals surface area contributed by atoms with Crippen LogP contribution in [0, 0.1) is 0 Å². The molecule has 0 bridgehead atoms. The molecular weight excluding hydrogens is 254 g/mol. The molecule has 0 saturated heterocycles. The zero-order valence-electron chi connectivity index (χ0n) is 11.3. The van der Waals surface area contributed by atoms with Gasteiger partial charge in [0.2, 0.25) is 0 Å². The predicted molar refractivity (Wildman–Crippen MR) is 77.7 cm³/mol. The third-order valence-corrected chi connectivity index (χ3v) is 2.73. The summed E-state index contributed by atoms with van der Waals surface area (Å²) in [6.45, 7) is 2.84. The van der Waals surface area contributed by atoms with Gasteiger partial charge < -0.3 is 15.8 Å². The summed E-state index contributed by atoms with van der Waals surface area (Å²) in [7, 11) is 0. The molecule has 0 radical (unpaired) electrons. The van der Waals surface area contributed by atoms with E-state index in [-0.39, 0.29) is 5.91 Å². The number of pyridine rings is 1. The molecular formula is C15H17N3O2. The number of anilines is 1. The van der Waals surface area contributed by atoms with Crippen LogP contribution >= 0.6 is 0 Å². The van der Waals surface area contributed by atoms with E-state index in [0.717, 1.165) is 5.56 Å². The minimum Gasteiger partial charge on any atom is -0.492 e. The van der Waals surface area contributed by atoms with Crippen molar-refractivity contribution >= 4 is 11.6 Å². The van der Waals surface area contributed by atoms with Gasteiger partial charge in [-0.1, -0.05) is 18.2 Å². The molecule has 0 aliphatic heterocycles. The van der Waals surface area contributed by atoms with Crippen LogP contribution in [0.15, 0.2) is 42.6 Å². The van der Waals surface area contributed by atoms with Crippen LogP contribution in [0.3, 0.4) is 0 Å². The Morgan fingerprint density at radius 1 is 1.30 bits per heavy atom. The quantitative estimate of drug-likeness (QED) is 0.874. The minimum absolute atomic E-state index is 0.277. The van der Waals surface area contributed by atoms with E-state index in [1.807, 2.05) is 25.1 Å². The first kappa shape index (κ1) is 14.0. The molecule has 1 aromatic heterocycles. The van der Waals surface area contributed by atoms with E-state index in [1.165, 1.54) is 0 Å². The van der Waals surface area contributed by atoms with Gasteiger partial charge in [-0.2, -0.15) is 0 Å². The highest BCUT2D eigenvalue weighted by atomic mass is 16.5. The fourth-order valence-electron chi connectivity index (χ4n) is 1.72. The van der Waals surface area contributed by atoms with Crippen molar-refractivity contribution in [2.45, 2.75) is 13.5 Å². The van der Waals surface area contributed by atoms with Gasteiger partial charge in [0, 0.05) is 12.7 Å². The number of ether oxygens (including phenoxy) is 1. The molecule has 0 aliphatic rings. The number of aromatic nitrogens is 1. The zero-order valence-corrected chi connectivity index (χ0v) is 11.3. The molecule has 2 rings (SSSR count). The van der Waals surface area contributed by atoms with Crippen molar-refractivity contribution in [3.05, 3.63) is 53.9 Å². The number of para-hydroxylation sites is 2. The maximum atomic E-state index is 12.1. The Morgan fingerprint density at radius 3 is 2.75 bits per heavy atom. The lowest BCUT2D eigenvalue weighted by Gasteiger charge is -2.11. The first-order chi connectivity index (χ1) is 9.74. The molecule has 0 fully saturated rings. The number of nitrogens with zero attached hydrogens (tertiary/aromatic N) is 1. The fourth-order valence-corrected chi connectivity index (χ4v) is 1.72. The van der Waals surface area contributed by atoms with Crippen molar-refractivity contribution in [3.63, 3.8) is 0 Å². The van der Waals surface area contributed by atoms with Gasteiger partial charge in [0.05, 0.1) is 12.3 Å². The van der Waals surface area contributed by atoms with Crippen molar-refractivity contribution in [2.75, 3.05) is 11.9 Å². The molecule has 0 atom stereocenters. The van der Waals surface area contributed by atoms with Gasteiger partial charge in [0.15, 0.2) is 0 Å². The maximum absolute atomic E-state index is 12.1. The number of benzene rings is 1. The fraction of sp³-hybridized carbons (Fsp3) is 0.200. The standard InChI is InChI=1S/C15H17N3O2/c1-2-20-14-6-4-3-5-12(14)18-15(19)13-8-7-11(9-16)10-17-13/h3-8,10H,2,9,16H2,1H3,(H,18,19). The second-order valence-electron chi connectivity index (χ2n) is 4.14. The minimum atomic E-state index is -0.277. The van der Waals surface area contributed by atoms with Crippen LogP contribution in [0.1, 0.15) is 23.0 Å². The van der Waals surface area contributed by atoms with Gasteiger partial charge in [-0.3, -0.25) is 9.78 Å². The van der Waals surface area contributed by atoms with Crippen LogP contribution in [0.25, 0.3) is 0 Å². The van der Waals surface area contributed by atoms with Crippen LogP contribution in [-0.2, 0) is 6.54 Å². The Bertz CT molecular complexity index is 582. The number of carbonyl (C=O) groups is 1. The molecule has 0 aliphatic carbocycles. The Balaban J connectivity index is 2.14. The average Bonchev–Trinajstić information content (AvgIpc) is 2.49. The molecule has 20 heavy (non-hydrogen) atoms. The molecule has 2 aromatic rings. The summed E-state index contributed by atoms with van der Waals surface area (Å²) >= 11 is 0. The number of hydrogen-bond acceptors (Lipinski definition) is 4. The summed E-state index contributed by atoms with van der Waals surface area (Å²) in [5, 5.41) is 2.79. The smallest absolute Gasteiger partial charge is 0.274 e. The molecule has 0 saturated carbocycles. The van der Waals surface area contributed by atoms with E-state index < -0.39 is 0 Å². The molecule has 1 aromatic carbocycles. The van der Waals surface area contributed by atoms with Crippen molar-refractivity contribution in [1.29, 1.82) is 0 Å². The second-order valence-corrected chi connectivity index (χ2v) is 4.14. The van der Waals surface area contributed by atoms with Gasteiger partial charge in [0.25, 0.3) is 5.91 Å². The van der Waals surface area contributed by atoms with E-state index in [1.54, 1.807) is 24.4 Å². The highest BCUT2D eigenvalue weighted by molar-refractivity contribution is 6.03. The van der Waals surface area contributed by atoms with Gasteiger partial charge in [-0.05, 0) is 30.7 Å². The summed E-state index contributed by atoms with van der Waals surface area (Å²) in [6.07, 6.45) is 1.60. The topological polar surface area (TPSA) is 77.2 Å². The van der Waals surface area contributed by atoms with Crippen LogP contribution < -0.4 is 15.8 Å². The average molecular weight is 271 g/mol. The predicted octanol–water partition coefficient (Wildman–Crippen LogP) is 2.19. The van der Waals surface area contributed by atoms with E-state index >= 15 is 0 Å². The number of hydrogen-bond donors (Lipinski definition) is 2. The van der Waals surface area contributed by atoms with E-state index in [0.29, 0.717) is 30.3 Å². The number of nitrogens with two attached hydrogens (primary N) is 1. The largest absolute Gasteiger partial charge is 0.492 e. The van der Waals surface area contributed by atoms with Crippen LogP contribution in [-0.4, -0.2) is 17.5 Å². The number of rotatable bonds is 5. The Hall–Kier alpha value is -2.40. The van der Waals surface area contributed by atoms with Gasteiger partial charge >= 0.3 is 0 Å². The number of nitrogens with one attached hydrogen (secondary N) is 1. The van der Waals surface area contributed by atoms with Crippen molar-refractivity contribution in [3.8, 4) is 5.75 Å².